The van der Waals surface area contributed by atoms with E-state index in [1.54, 1.807) is 0 Å². The van der Waals surface area contributed by atoms with Crippen molar-refractivity contribution in [2.75, 3.05) is 6.54 Å². The van der Waals surface area contributed by atoms with Crippen LogP contribution in [0.2, 0.25) is 0 Å². The van der Waals surface area contributed by atoms with E-state index in [4.69, 9.17) is 10.2 Å². The number of hydrogen-bond donors (Lipinski definition) is 3. The number of aromatic nitrogens is 1. The Labute approximate surface area is 120 Å². The molecular formula is C12H17N3O6. The molecule has 1 aromatic heterocycles. The van der Waals surface area contributed by atoms with Gasteiger partial charge in [-0.2, -0.15) is 0 Å². The van der Waals surface area contributed by atoms with Crippen LogP contribution in [-0.4, -0.2) is 44.2 Å². The maximum absolute atomic E-state index is 11.9. The Bertz CT molecular complexity index is 539. The standard InChI is InChI=1S/C12H17N3O6/c1-2-5-14-7-8(15(20)21)6-9(14)11(17)13-4-3-10(16)12(18)19/h6-7,10,16H,2-5H2,1H3,(H,13,17)(H,18,19)/t10-/m0/s1. The highest BCUT2D eigenvalue weighted by atomic mass is 16.6. The number of nitrogens with one attached hydrogen (secondary N) is 1. The molecule has 0 aliphatic heterocycles. The van der Waals surface area contributed by atoms with E-state index >= 15 is 0 Å². The molecule has 0 spiro atoms. The van der Waals surface area contributed by atoms with Crippen molar-refractivity contribution >= 4 is 17.6 Å². The molecule has 0 unspecified atom stereocenters. The maximum Gasteiger partial charge on any atom is 0.332 e. The molecule has 0 aromatic carbocycles. The van der Waals surface area contributed by atoms with Crippen molar-refractivity contribution in [2.24, 2.45) is 0 Å². The minimum absolute atomic E-state index is 0.0442. The van der Waals surface area contributed by atoms with E-state index in [-0.39, 0.29) is 24.3 Å². The van der Waals surface area contributed by atoms with Crippen LogP contribution < -0.4 is 5.32 Å². The number of aryl methyl sites for hydroxylation is 1. The van der Waals surface area contributed by atoms with Gasteiger partial charge >= 0.3 is 5.97 Å². The van der Waals surface area contributed by atoms with E-state index in [1.165, 1.54) is 16.8 Å². The first-order valence-corrected chi connectivity index (χ1v) is 6.40. The van der Waals surface area contributed by atoms with Crippen LogP contribution in [-0.2, 0) is 11.3 Å². The van der Waals surface area contributed by atoms with Gasteiger partial charge in [0.05, 0.1) is 11.1 Å². The predicted molar refractivity (Wildman–Crippen MR) is 72.0 cm³/mol. The molecule has 0 fully saturated rings. The van der Waals surface area contributed by atoms with E-state index in [0.717, 1.165) is 0 Å². The Morgan fingerprint density at radius 2 is 2.19 bits per heavy atom. The lowest BCUT2D eigenvalue weighted by atomic mass is 10.2. The van der Waals surface area contributed by atoms with Crippen molar-refractivity contribution in [1.29, 1.82) is 0 Å². The second kappa shape index (κ2) is 7.39. The number of hydrogen-bond acceptors (Lipinski definition) is 5. The third-order valence-corrected chi connectivity index (χ3v) is 2.78. The monoisotopic (exact) mass is 299 g/mol. The van der Waals surface area contributed by atoms with Gasteiger partial charge in [-0.25, -0.2) is 4.79 Å². The number of aliphatic hydroxyl groups is 1. The smallest absolute Gasteiger partial charge is 0.332 e. The van der Waals surface area contributed by atoms with E-state index in [9.17, 15) is 19.7 Å². The zero-order valence-corrected chi connectivity index (χ0v) is 11.5. The van der Waals surface area contributed by atoms with Crippen LogP contribution in [0, 0.1) is 10.1 Å². The molecular weight excluding hydrogens is 282 g/mol. The fourth-order valence-corrected chi connectivity index (χ4v) is 1.75. The molecule has 1 heterocycles. The quantitative estimate of drug-likeness (QED) is 0.469. The first kappa shape index (κ1) is 16.6. The Hall–Kier alpha value is -2.42. The Morgan fingerprint density at radius 3 is 2.71 bits per heavy atom. The van der Waals surface area contributed by atoms with Gasteiger partial charge in [-0.05, 0) is 6.42 Å². The number of nitrogens with zero attached hydrogens (tertiary/aromatic N) is 2. The third kappa shape index (κ3) is 4.56. The normalized spacial score (nSPS) is 11.9. The Balaban J connectivity index is 2.72. The highest BCUT2D eigenvalue weighted by Gasteiger charge is 2.19. The van der Waals surface area contributed by atoms with Gasteiger partial charge in [0.2, 0.25) is 0 Å². The minimum atomic E-state index is -1.55. The number of nitro groups is 1. The summed E-state index contributed by atoms with van der Waals surface area (Å²) in [4.78, 5) is 32.5. The topological polar surface area (TPSA) is 135 Å². The van der Waals surface area contributed by atoms with Crippen LogP contribution in [0.25, 0.3) is 0 Å². The van der Waals surface area contributed by atoms with Crippen LogP contribution in [0.15, 0.2) is 12.3 Å². The number of carbonyl (C=O) groups excluding carboxylic acids is 1. The molecule has 0 aliphatic carbocycles. The molecule has 1 aromatic rings. The zero-order valence-electron chi connectivity index (χ0n) is 11.5. The lowest BCUT2D eigenvalue weighted by Gasteiger charge is -2.09. The summed E-state index contributed by atoms with van der Waals surface area (Å²) in [5.41, 5.74) is -0.0486. The molecule has 1 amide bonds. The molecule has 3 N–H and O–H groups in total. The average Bonchev–Trinajstić information content (AvgIpc) is 2.83. The van der Waals surface area contributed by atoms with E-state index in [1.807, 2.05) is 6.92 Å². The third-order valence-electron chi connectivity index (χ3n) is 2.78. The summed E-state index contributed by atoms with van der Waals surface area (Å²) >= 11 is 0. The van der Waals surface area contributed by atoms with Crippen molar-refractivity contribution < 1.29 is 24.7 Å². The first-order valence-electron chi connectivity index (χ1n) is 6.40. The summed E-state index contributed by atoms with van der Waals surface area (Å²) in [6, 6.07) is 1.17. The van der Waals surface area contributed by atoms with Crippen molar-refractivity contribution in [3.8, 4) is 0 Å². The molecule has 1 rings (SSSR count). The number of aliphatic carboxylic acids is 1. The van der Waals surface area contributed by atoms with Crippen LogP contribution in [0.3, 0.4) is 0 Å². The van der Waals surface area contributed by atoms with E-state index in [2.05, 4.69) is 5.32 Å². The lowest BCUT2D eigenvalue weighted by Crippen LogP contribution is -2.31. The molecule has 0 aliphatic rings. The number of carboxylic acids is 1. The molecule has 21 heavy (non-hydrogen) atoms. The highest BCUT2D eigenvalue weighted by molar-refractivity contribution is 5.93. The van der Waals surface area contributed by atoms with Gasteiger partial charge < -0.3 is 20.1 Å². The molecule has 0 radical (unpaired) electrons. The van der Waals surface area contributed by atoms with Crippen LogP contribution in [0.5, 0.6) is 0 Å². The first-order chi connectivity index (χ1) is 9.86. The van der Waals surface area contributed by atoms with Crippen molar-refractivity contribution in [1.82, 2.24) is 9.88 Å². The summed E-state index contributed by atoms with van der Waals surface area (Å²) in [5.74, 6) is -1.91. The lowest BCUT2D eigenvalue weighted by molar-refractivity contribution is -0.384. The van der Waals surface area contributed by atoms with E-state index < -0.39 is 22.9 Å². The van der Waals surface area contributed by atoms with Crippen LogP contribution in [0.4, 0.5) is 5.69 Å². The Morgan fingerprint density at radius 1 is 1.52 bits per heavy atom. The molecule has 0 bridgehead atoms. The Kier molecular flexibility index (Phi) is 5.85. The van der Waals surface area contributed by atoms with Crippen molar-refractivity contribution in [3.05, 3.63) is 28.1 Å². The van der Waals surface area contributed by atoms with Gasteiger partial charge in [0.25, 0.3) is 11.6 Å². The van der Waals surface area contributed by atoms with Gasteiger partial charge in [-0.15, -0.1) is 0 Å². The maximum atomic E-state index is 11.9. The van der Waals surface area contributed by atoms with Crippen LogP contribution in [0.1, 0.15) is 30.3 Å². The van der Waals surface area contributed by atoms with Crippen molar-refractivity contribution in [2.45, 2.75) is 32.4 Å². The summed E-state index contributed by atoms with van der Waals surface area (Å²) in [6.45, 7) is 2.28. The zero-order chi connectivity index (χ0) is 16.0. The number of aliphatic hydroxyl groups excluding tert-OH is 1. The van der Waals surface area contributed by atoms with Gasteiger partial charge in [0.1, 0.15) is 5.69 Å². The summed E-state index contributed by atoms with van der Waals surface area (Å²) < 4.78 is 1.47. The summed E-state index contributed by atoms with van der Waals surface area (Å²) in [7, 11) is 0. The molecule has 9 heteroatoms. The SMILES string of the molecule is CCCn1cc([N+](=O)[O-])cc1C(=O)NCC[C@H](O)C(=O)O. The summed E-state index contributed by atoms with van der Waals surface area (Å²) in [6.07, 6.45) is 0.286. The fourth-order valence-electron chi connectivity index (χ4n) is 1.75. The highest BCUT2D eigenvalue weighted by Crippen LogP contribution is 2.17. The van der Waals surface area contributed by atoms with Gasteiger partial charge in [-0.1, -0.05) is 6.92 Å². The second-order valence-electron chi connectivity index (χ2n) is 4.43. The van der Waals surface area contributed by atoms with Gasteiger partial charge in [-0.3, -0.25) is 14.9 Å². The number of carboxylic acid groups (broad SMARTS) is 1. The molecule has 1 atom stereocenters. The largest absolute Gasteiger partial charge is 0.479 e. The summed E-state index contributed by atoms with van der Waals surface area (Å²) in [5, 5.41) is 30.7. The molecule has 9 nitrogen and oxygen atoms in total. The fraction of sp³-hybridized carbons (Fsp3) is 0.500. The van der Waals surface area contributed by atoms with Crippen molar-refractivity contribution in [3.63, 3.8) is 0 Å². The number of rotatable bonds is 8. The van der Waals surface area contributed by atoms with E-state index in [0.29, 0.717) is 13.0 Å². The number of carbonyl (C=O) groups is 2. The molecule has 116 valence electrons. The number of amides is 1. The average molecular weight is 299 g/mol. The van der Waals surface area contributed by atoms with Gasteiger partial charge in [0, 0.05) is 25.6 Å². The molecule has 0 saturated heterocycles. The minimum Gasteiger partial charge on any atom is -0.479 e. The predicted octanol–water partition coefficient (Wildman–Crippen LogP) is 0.372. The second-order valence-corrected chi connectivity index (χ2v) is 4.43. The van der Waals surface area contributed by atoms with Crippen LogP contribution >= 0.6 is 0 Å². The van der Waals surface area contributed by atoms with Gasteiger partial charge in [0.15, 0.2) is 6.10 Å². The molecule has 0 saturated carbocycles.